The molecule has 7 heteroatoms. The predicted octanol–water partition coefficient (Wildman–Crippen LogP) is 1.70. The minimum absolute atomic E-state index is 0.0476. The van der Waals surface area contributed by atoms with Crippen molar-refractivity contribution in [3.8, 4) is 0 Å². The van der Waals surface area contributed by atoms with E-state index in [-0.39, 0.29) is 18.8 Å². The predicted molar refractivity (Wildman–Crippen MR) is 67.1 cm³/mol. The lowest BCUT2D eigenvalue weighted by atomic mass is 10.2. The molecule has 2 N–H and O–H groups in total. The number of para-hydroxylation sites is 1. The summed E-state index contributed by atoms with van der Waals surface area (Å²) in [6, 6.07) is 6.51. The number of nitrogens with two attached hydrogens (primary N) is 1. The smallest absolute Gasteiger partial charge is 0.330 e. The van der Waals surface area contributed by atoms with E-state index in [0.717, 1.165) is 4.31 Å². The summed E-state index contributed by atoms with van der Waals surface area (Å²) in [6.07, 6.45) is 0.320. The minimum Gasteiger partial charge on any atom is -0.330 e. The van der Waals surface area contributed by atoms with Crippen molar-refractivity contribution in [3.05, 3.63) is 29.8 Å². The van der Waals surface area contributed by atoms with Crippen LogP contribution in [-0.2, 0) is 10.0 Å². The van der Waals surface area contributed by atoms with E-state index in [1.807, 2.05) is 0 Å². The number of halogens is 2. The molecule has 18 heavy (non-hydrogen) atoms. The number of anilines is 1. The molecule has 0 bridgehead atoms. The maximum absolute atomic E-state index is 12.6. The zero-order valence-corrected chi connectivity index (χ0v) is 10.8. The molecule has 0 spiro atoms. The van der Waals surface area contributed by atoms with Crippen molar-refractivity contribution < 1.29 is 17.2 Å². The summed E-state index contributed by atoms with van der Waals surface area (Å²) in [7, 11) is -4.64. The molecule has 0 heterocycles. The number of aryl methyl sites for hydroxylation is 1. The lowest BCUT2D eigenvalue weighted by molar-refractivity contribution is 0.234. The fraction of sp³-hybridized carbons (Fsp3) is 0.455. The minimum atomic E-state index is -4.64. The lowest BCUT2D eigenvalue weighted by Crippen LogP contribution is -2.37. The SMILES string of the molecule is Cc1ccccc1N(CCCN)S(=O)(=O)C(F)F. The van der Waals surface area contributed by atoms with Gasteiger partial charge in [-0.2, -0.15) is 8.78 Å². The summed E-state index contributed by atoms with van der Waals surface area (Å²) in [4.78, 5) is 0. The molecule has 0 aliphatic carbocycles. The third-order valence-electron chi connectivity index (χ3n) is 2.48. The monoisotopic (exact) mass is 278 g/mol. The van der Waals surface area contributed by atoms with Crippen LogP contribution in [0.15, 0.2) is 24.3 Å². The number of hydrogen-bond acceptors (Lipinski definition) is 3. The highest BCUT2D eigenvalue weighted by molar-refractivity contribution is 7.93. The third-order valence-corrected chi connectivity index (χ3v) is 3.93. The summed E-state index contributed by atoms with van der Waals surface area (Å²) in [5.74, 6) is -3.44. The van der Waals surface area contributed by atoms with Gasteiger partial charge in [-0.05, 0) is 31.5 Å². The molecular weight excluding hydrogens is 262 g/mol. The first-order chi connectivity index (χ1) is 8.41. The van der Waals surface area contributed by atoms with E-state index in [2.05, 4.69) is 0 Å². The van der Waals surface area contributed by atoms with Gasteiger partial charge >= 0.3 is 5.76 Å². The summed E-state index contributed by atoms with van der Waals surface area (Å²) in [5, 5.41) is 0. The summed E-state index contributed by atoms with van der Waals surface area (Å²) in [6.45, 7) is 1.86. The molecule has 0 aliphatic rings. The molecule has 1 aromatic rings. The highest BCUT2D eigenvalue weighted by Crippen LogP contribution is 2.25. The first-order valence-electron chi connectivity index (χ1n) is 5.46. The molecule has 0 unspecified atom stereocenters. The fourth-order valence-corrected chi connectivity index (χ4v) is 2.61. The van der Waals surface area contributed by atoms with E-state index in [4.69, 9.17) is 5.73 Å². The van der Waals surface area contributed by atoms with Gasteiger partial charge in [-0.25, -0.2) is 8.42 Å². The van der Waals surface area contributed by atoms with Crippen molar-refractivity contribution in [2.75, 3.05) is 17.4 Å². The van der Waals surface area contributed by atoms with Crippen LogP contribution in [0.2, 0.25) is 0 Å². The first kappa shape index (κ1) is 14.8. The molecule has 1 rings (SSSR count). The molecule has 0 saturated heterocycles. The number of nitrogens with zero attached hydrogens (tertiary/aromatic N) is 1. The zero-order chi connectivity index (χ0) is 13.8. The Morgan fingerprint density at radius 1 is 1.33 bits per heavy atom. The Morgan fingerprint density at radius 3 is 2.44 bits per heavy atom. The van der Waals surface area contributed by atoms with Gasteiger partial charge in [0.05, 0.1) is 5.69 Å². The molecule has 0 atom stereocenters. The van der Waals surface area contributed by atoms with Crippen molar-refractivity contribution >= 4 is 15.7 Å². The molecule has 1 aromatic carbocycles. The molecular formula is C11H16F2N2O2S. The average molecular weight is 278 g/mol. The summed E-state index contributed by atoms with van der Waals surface area (Å²) in [5.41, 5.74) is 6.20. The van der Waals surface area contributed by atoms with Gasteiger partial charge in [0, 0.05) is 6.54 Å². The Labute approximate surface area is 105 Å². The number of sulfonamides is 1. The number of alkyl halides is 2. The standard InChI is InChI=1S/C11H16F2N2O2S/c1-9-5-2-3-6-10(9)15(8-4-7-14)18(16,17)11(12)13/h2-3,5-6,11H,4,7-8,14H2,1H3. The topological polar surface area (TPSA) is 63.4 Å². The van der Waals surface area contributed by atoms with Crippen LogP contribution in [0.4, 0.5) is 14.5 Å². The van der Waals surface area contributed by atoms with Crippen LogP contribution < -0.4 is 10.0 Å². The van der Waals surface area contributed by atoms with E-state index in [1.165, 1.54) is 6.07 Å². The van der Waals surface area contributed by atoms with E-state index < -0.39 is 15.8 Å². The molecule has 0 aromatic heterocycles. The normalized spacial score (nSPS) is 11.8. The lowest BCUT2D eigenvalue weighted by Gasteiger charge is -2.25. The van der Waals surface area contributed by atoms with Crippen molar-refractivity contribution in [3.63, 3.8) is 0 Å². The second kappa shape index (κ2) is 6.10. The van der Waals surface area contributed by atoms with Crippen LogP contribution in [0.3, 0.4) is 0 Å². The summed E-state index contributed by atoms with van der Waals surface area (Å²) < 4.78 is 49.3. The molecule has 0 aliphatic heterocycles. The molecule has 0 radical (unpaired) electrons. The maximum atomic E-state index is 12.6. The molecule has 0 fully saturated rings. The van der Waals surface area contributed by atoms with Crippen molar-refractivity contribution in [2.24, 2.45) is 5.73 Å². The fourth-order valence-electron chi connectivity index (χ4n) is 1.56. The van der Waals surface area contributed by atoms with Crippen molar-refractivity contribution in [1.29, 1.82) is 0 Å². The van der Waals surface area contributed by atoms with Crippen LogP contribution in [0.1, 0.15) is 12.0 Å². The van der Waals surface area contributed by atoms with E-state index in [9.17, 15) is 17.2 Å². The van der Waals surface area contributed by atoms with Crippen molar-refractivity contribution in [2.45, 2.75) is 19.1 Å². The molecule has 0 saturated carbocycles. The number of rotatable bonds is 6. The van der Waals surface area contributed by atoms with E-state index in [0.29, 0.717) is 12.0 Å². The summed E-state index contributed by atoms with van der Waals surface area (Å²) >= 11 is 0. The second-order valence-corrected chi connectivity index (χ2v) is 5.63. The average Bonchev–Trinajstić information content (AvgIpc) is 2.31. The second-order valence-electron chi connectivity index (χ2n) is 3.81. The van der Waals surface area contributed by atoms with Gasteiger partial charge in [-0.15, -0.1) is 0 Å². The van der Waals surface area contributed by atoms with Crippen LogP contribution >= 0.6 is 0 Å². The van der Waals surface area contributed by atoms with Gasteiger partial charge in [-0.3, -0.25) is 4.31 Å². The van der Waals surface area contributed by atoms with Gasteiger partial charge < -0.3 is 5.73 Å². The highest BCUT2D eigenvalue weighted by Gasteiger charge is 2.32. The van der Waals surface area contributed by atoms with Gasteiger partial charge in [-0.1, -0.05) is 18.2 Å². The number of hydrogen-bond donors (Lipinski definition) is 1. The largest absolute Gasteiger partial charge is 0.355 e. The Kier molecular flexibility index (Phi) is 5.03. The van der Waals surface area contributed by atoms with Crippen LogP contribution in [-0.4, -0.2) is 27.3 Å². The van der Waals surface area contributed by atoms with Crippen LogP contribution in [0.25, 0.3) is 0 Å². The van der Waals surface area contributed by atoms with Crippen molar-refractivity contribution in [1.82, 2.24) is 0 Å². The van der Waals surface area contributed by atoms with Gasteiger partial charge in [0.1, 0.15) is 0 Å². The Bertz CT molecular complexity index is 492. The quantitative estimate of drug-likeness (QED) is 0.861. The highest BCUT2D eigenvalue weighted by atomic mass is 32.2. The maximum Gasteiger partial charge on any atom is 0.355 e. The first-order valence-corrected chi connectivity index (χ1v) is 6.97. The molecule has 4 nitrogen and oxygen atoms in total. The Balaban J connectivity index is 3.18. The number of benzene rings is 1. The van der Waals surface area contributed by atoms with Gasteiger partial charge in [0.2, 0.25) is 0 Å². The zero-order valence-electron chi connectivity index (χ0n) is 10.0. The van der Waals surface area contributed by atoms with Crippen LogP contribution in [0, 0.1) is 6.92 Å². The van der Waals surface area contributed by atoms with Gasteiger partial charge in [0.15, 0.2) is 0 Å². The Hall–Kier alpha value is -1.21. The third kappa shape index (κ3) is 3.17. The molecule has 0 amide bonds. The van der Waals surface area contributed by atoms with E-state index in [1.54, 1.807) is 25.1 Å². The van der Waals surface area contributed by atoms with E-state index >= 15 is 0 Å². The Morgan fingerprint density at radius 2 is 1.94 bits per heavy atom. The van der Waals surface area contributed by atoms with Crippen LogP contribution in [0.5, 0.6) is 0 Å². The molecule has 102 valence electrons. The van der Waals surface area contributed by atoms with Gasteiger partial charge in [0.25, 0.3) is 10.0 Å².